The van der Waals surface area contributed by atoms with Gasteiger partial charge in [0.25, 0.3) is 0 Å². The molecule has 0 bridgehead atoms. The number of hydrogen-bond donors (Lipinski definition) is 0. The molecule has 2 heteroatoms. The predicted octanol–water partition coefficient (Wildman–Crippen LogP) is 6.36. The van der Waals surface area contributed by atoms with Crippen LogP contribution in [0.1, 0.15) is 13.8 Å². The number of furan rings is 1. The first kappa shape index (κ1) is 14.4. The van der Waals surface area contributed by atoms with E-state index in [0.29, 0.717) is 0 Å². The molecule has 102 valence electrons. The van der Waals surface area contributed by atoms with Crippen molar-refractivity contribution in [1.29, 1.82) is 0 Å². The van der Waals surface area contributed by atoms with E-state index in [0.717, 1.165) is 11.0 Å². The smallest absolute Gasteiger partial charge is 0.133 e. The Morgan fingerprint density at radius 2 is 1.45 bits per heavy atom. The van der Waals surface area contributed by atoms with E-state index in [1.165, 1.54) is 10.1 Å². The summed E-state index contributed by atoms with van der Waals surface area (Å²) in [7, 11) is 0. The quantitative estimate of drug-likeness (QED) is 0.366. The van der Waals surface area contributed by atoms with Crippen LogP contribution < -0.4 is 0 Å². The fourth-order valence-electron chi connectivity index (χ4n) is 1.81. The Bertz CT molecular complexity index is 625. The van der Waals surface area contributed by atoms with Crippen molar-refractivity contribution in [2.24, 2.45) is 0 Å². The van der Waals surface area contributed by atoms with Crippen LogP contribution >= 0.6 is 11.3 Å². The van der Waals surface area contributed by atoms with E-state index in [9.17, 15) is 0 Å². The van der Waals surface area contributed by atoms with E-state index in [1.807, 2.05) is 44.2 Å². The molecule has 0 amide bonds. The number of fused-ring (bicyclic) bond motifs is 2. The molecule has 2 aromatic heterocycles. The van der Waals surface area contributed by atoms with Gasteiger partial charge in [0.15, 0.2) is 0 Å². The molecule has 0 fully saturated rings. The van der Waals surface area contributed by atoms with Gasteiger partial charge in [0, 0.05) is 10.1 Å². The van der Waals surface area contributed by atoms with Crippen LogP contribution in [0.5, 0.6) is 0 Å². The molecule has 0 saturated heterocycles. The molecule has 4 rings (SSSR count). The topological polar surface area (TPSA) is 13.1 Å². The highest BCUT2D eigenvalue weighted by atomic mass is 32.1. The Morgan fingerprint density at radius 1 is 0.750 bits per heavy atom. The van der Waals surface area contributed by atoms with E-state index in [-0.39, 0.29) is 0 Å². The minimum absolute atomic E-state index is 0.956. The first-order chi connectivity index (χ1) is 9.93. The van der Waals surface area contributed by atoms with Crippen LogP contribution in [0.15, 0.2) is 76.7 Å². The van der Waals surface area contributed by atoms with Gasteiger partial charge in [-0.25, -0.2) is 0 Å². The Balaban J connectivity index is 0.000000131. The molecule has 0 radical (unpaired) electrons. The molecule has 0 aliphatic rings. The SMILES string of the molecule is CC.c1ccc2occc2c1.c1ccc2sccc2c1. The first-order valence-corrected chi connectivity index (χ1v) is 7.66. The van der Waals surface area contributed by atoms with E-state index < -0.39 is 0 Å². The lowest BCUT2D eigenvalue weighted by Gasteiger charge is -1.82. The van der Waals surface area contributed by atoms with Crippen LogP contribution in [-0.4, -0.2) is 0 Å². The van der Waals surface area contributed by atoms with Crippen molar-refractivity contribution in [1.82, 2.24) is 0 Å². The minimum atomic E-state index is 0.956. The fraction of sp³-hybridized carbons (Fsp3) is 0.111. The summed E-state index contributed by atoms with van der Waals surface area (Å²) in [6, 6.07) is 20.4. The number of para-hydroxylation sites is 1. The van der Waals surface area contributed by atoms with Gasteiger partial charge in [-0.3, -0.25) is 0 Å². The Kier molecular flexibility index (Phi) is 5.39. The van der Waals surface area contributed by atoms with Gasteiger partial charge >= 0.3 is 0 Å². The summed E-state index contributed by atoms with van der Waals surface area (Å²) in [6.45, 7) is 4.00. The van der Waals surface area contributed by atoms with Crippen molar-refractivity contribution in [2.75, 3.05) is 0 Å². The molecule has 0 aliphatic carbocycles. The normalized spacial score (nSPS) is 9.50. The summed E-state index contributed by atoms with van der Waals surface area (Å²) < 4.78 is 6.49. The van der Waals surface area contributed by atoms with Gasteiger partial charge in [-0.2, -0.15) is 0 Å². The van der Waals surface area contributed by atoms with Gasteiger partial charge in [0.2, 0.25) is 0 Å². The van der Waals surface area contributed by atoms with Crippen LogP contribution in [0.4, 0.5) is 0 Å². The lowest BCUT2D eigenvalue weighted by atomic mass is 10.3. The Labute approximate surface area is 123 Å². The number of benzene rings is 2. The number of rotatable bonds is 0. The standard InChI is InChI=1S/C8H6O.C8H6S.C2H6/c2*1-2-4-8-7(3-1)5-6-9-8;1-2/h2*1-6H;1-2H3. The van der Waals surface area contributed by atoms with Gasteiger partial charge in [0.05, 0.1) is 6.26 Å². The molecule has 0 N–H and O–H groups in total. The third-order valence-electron chi connectivity index (χ3n) is 2.72. The second kappa shape index (κ2) is 7.51. The van der Waals surface area contributed by atoms with Crippen molar-refractivity contribution in [2.45, 2.75) is 13.8 Å². The van der Waals surface area contributed by atoms with Crippen molar-refractivity contribution in [3.8, 4) is 0 Å². The van der Waals surface area contributed by atoms with Crippen molar-refractivity contribution in [3.05, 3.63) is 72.3 Å². The third-order valence-corrected chi connectivity index (χ3v) is 3.62. The van der Waals surface area contributed by atoms with Crippen LogP contribution in [0.2, 0.25) is 0 Å². The summed E-state index contributed by atoms with van der Waals surface area (Å²) >= 11 is 1.79. The second-order valence-electron chi connectivity index (χ2n) is 3.92. The van der Waals surface area contributed by atoms with Crippen molar-refractivity contribution < 1.29 is 4.42 Å². The van der Waals surface area contributed by atoms with E-state index >= 15 is 0 Å². The lowest BCUT2D eigenvalue weighted by molar-refractivity contribution is 0.616. The molecule has 0 unspecified atom stereocenters. The molecule has 0 aliphatic heterocycles. The second-order valence-corrected chi connectivity index (χ2v) is 4.86. The average molecular weight is 282 g/mol. The van der Waals surface area contributed by atoms with Gasteiger partial charge < -0.3 is 4.42 Å². The molecule has 20 heavy (non-hydrogen) atoms. The van der Waals surface area contributed by atoms with Crippen LogP contribution in [0.3, 0.4) is 0 Å². The average Bonchev–Trinajstić information content (AvgIpc) is 3.18. The molecule has 0 saturated carbocycles. The van der Waals surface area contributed by atoms with Gasteiger partial charge in [-0.05, 0) is 35.0 Å². The largest absolute Gasteiger partial charge is 0.464 e. The fourth-order valence-corrected chi connectivity index (χ4v) is 2.60. The van der Waals surface area contributed by atoms with Crippen LogP contribution in [0, 0.1) is 0 Å². The molecule has 1 nitrogen and oxygen atoms in total. The summed E-state index contributed by atoms with van der Waals surface area (Å²) in [5, 5.41) is 4.63. The van der Waals surface area contributed by atoms with Gasteiger partial charge in [0.1, 0.15) is 5.58 Å². The minimum Gasteiger partial charge on any atom is -0.464 e. The van der Waals surface area contributed by atoms with Crippen LogP contribution in [0.25, 0.3) is 21.1 Å². The summed E-state index contributed by atoms with van der Waals surface area (Å²) in [6.07, 6.45) is 1.70. The maximum absolute atomic E-state index is 5.12. The van der Waals surface area contributed by atoms with Crippen molar-refractivity contribution >= 4 is 32.4 Å². The number of hydrogen-bond acceptors (Lipinski definition) is 2. The molecule has 0 atom stereocenters. The molecular formula is C18H18OS. The maximum atomic E-state index is 5.12. The molecule has 2 aromatic carbocycles. The highest BCUT2D eigenvalue weighted by Gasteiger charge is 1.89. The highest BCUT2D eigenvalue weighted by molar-refractivity contribution is 7.17. The maximum Gasteiger partial charge on any atom is 0.133 e. The molecular weight excluding hydrogens is 264 g/mol. The van der Waals surface area contributed by atoms with Crippen LogP contribution in [-0.2, 0) is 0 Å². The zero-order valence-electron chi connectivity index (χ0n) is 11.7. The van der Waals surface area contributed by atoms with Gasteiger partial charge in [-0.15, -0.1) is 11.3 Å². The zero-order chi connectivity index (χ0) is 14.2. The third kappa shape index (κ3) is 3.49. The highest BCUT2D eigenvalue weighted by Crippen LogP contribution is 2.18. The van der Waals surface area contributed by atoms with E-state index in [2.05, 4.69) is 35.7 Å². The predicted molar refractivity (Wildman–Crippen MR) is 89.4 cm³/mol. The molecule has 0 spiro atoms. The van der Waals surface area contributed by atoms with Crippen molar-refractivity contribution in [3.63, 3.8) is 0 Å². The summed E-state index contributed by atoms with van der Waals surface area (Å²) in [5.41, 5.74) is 0.956. The lowest BCUT2D eigenvalue weighted by Crippen LogP contribution is -1.57. The first-order valence-electron chi connectivity index (χ1n) is 6.78. The number of thiophene rings is 1. The molecule has 2 heterocycles. The van der Waals surface area contributed by atoms with Gasteiger partial charge in [-0.1, -0.05) is 50.2 Å². The summed E-state index contributed by atoms with van der Waals surface area (Å²) in [4.78, 5) is 0. The van der Waals surface area contributed by atoms with E-state index in [1.54, 1.807) is 17.6 Å². The Hall–Kier alpha value is -2.06. The molecule has 4 aromatic rings. The Morgan fingerprint density at radius 3 is 2.20 bits per heavy atom. The zero-order valence-corrected chi connectivity index (χ0v) is 12.6. The monoisotopic (exact) mass is 282 g/mol. The summed E-state index contributed by atoms with van der Waals surface area (Å²) in [5.74, 6) is 0. The van der Waals surface area contributed by atoms with E-state index in [4.69, 9.17) is 4.42 Å².